The van der Waals surface area contributed by atoms with Crippen LogP contribution < -0.4 is 9.47 Å². The van der Waals surface area contributed by atoms with Crippen LogP contribution >= 0.6 is 11.6 Å². The number of benzene rings is 3. The van der Waals surface area contributed by atoms with Crippen molar-refractivity contribution in [3.63, 3.8) is 0 Å². The number of para-hydroxylation sites is 1. The van der Waals surface area contributed by atoms with Crippen molar-refractivity contribution in [3.05, 3.63) is 105 Å². The molecule has 0 saturated carbocycles. The van der Waals surface area contributed by atoms with Crippen LogP contribution in [0.3, 0.4) is 0 Å². The third kappa shape index (κ3) is 4.38. The maximum atomic E-state index is 13.9. The maximum Gasteiger partial charge on any atom is 0.214 e. The molecule has 4 aromatic rings. The highest BCUT2D eigenvalue weighted by Gasteiger charge is 2.26. The standard InChI is InChI=1S/C24H20ClFN2O4/c1-31-23-11-16(10-20(25)24(23)32-14-15-6-2-4-8-21(15)26)19(13-28(29)30)18-12-27-22-9-5-3-7-17(18)22/h2-12,19,27H,13-14H2,1H3/t19-/m1/s1. The summed E-state index contributed by atoms with van der Waals surface area (Å²) in [6, 6.07) is 17.2. The highest BCUT2D eigenvalue weighted by atomic mass is 35.5. The van der Waals surface area contributed by atoms with E-state index in [0.29, 0.717) is 16.9 Å². The molecule has 0 radical (unpaired) electrons. The van der Waals surface area contributed by atoms with Crippen molar-refractivity contribution in [2.45, 2.75) is 12.5 Å². The van der Waals surface area contributed by atoms with Gasteiger partial charge in [0.15, 0.2) is 11.5 Å². The number of aromatic amines is 1. The van der Waals surface area contributed by atoms with Crippen molar-refractivity contribution in [3.8, 4) is 11.5 Å². The third-order valence-corrected chi connectivity index (χ3v) is 5.59. The van der Waals surface area contributed by atoms with Gasteiger partial charge in [0, 0.05) is 27.6 Å². The minimum atomic E-state index is -0.562. The summed E-state index contributed by atoms with van der Waals surface area (Å²) in [7, 11) is 1.46. The number of methoxy groups -OCH3 is 1. The van der Waals surface area contributed by atoms with E-state index in [2.05, 4.69) is 4.98 Å². The zero-order valence-electron chi connectivity index (χ0n) is 17.2. The Balaban J connectivity index is 1.72. The lowest BCUT2D eigenvalue weighted by atomic mass is 9.90. The summed E-state index contributed by atoms with van der Waals surface area (Å²) in [6.07, 6.45) is 1.78. The van der Waals surface area contributed by atoms with Gasteiger partial charge in [-0.15, -0.1) is 0 Å². The van der Waals surface area contributed by atoms with Crippen LogP contribution in [-0.4, -0.2) is 23.6 Å². The first-order valence-corrected chi connectivity index (χ1v) is 10.3. The number of nitro groups is 1. The quantitative estimate of drug-likeness (QED) is 0.263. The fourth-order valence-corrected chi connectivity index (χ4v) is 4.03. The Morgan fingerprint density at radius 2 is 1.91 bits per heavy atom. The molecule has 0 bridgehead atoms. The monoisotopic (exact) mass is 454 g/mol. The fourth-order valence-electron chi connectivity index (χ4n) is 3.76. The first kappa shape index (κ1) is 21.6. The van der Waals surface area contributed by atoms with Gasteiger partial charge in [-0.1, -0.05) is 48.0 Å². The van der Waals surface area contributed by atoms with E-state index in [4.69, 9.17) is 21.1 Å². The second-order valence-electron chi connectivity index (χ2n) is 7.27. The Bertz CT molecular complexity index is 1270. The van der Waals surface area contributed by atoms with Crippen LogP contribution in [0.4, 0.5) is 4.39 Å². The molecule has 0 spiro atoms. The van der Waals surface area contributed by atoms with Gasteiger partial charge in [0.1, 0.15) is 12.4 Å². The molecule has 0 aliphatic rings. The van der Waals surface area contributed by atoms with Crippen LogP contribution in [0.15, 0.2) is 66.9 Å². The molecule has 32 heavy (non-hydrogen) atoms. The van der Waals surface area contributed by atoms with Crippen LogP contribution in [0.1, 0.15) is 22.6 Å². The van der Waals surface area contributed by atoms with Crippen LogP contribution in [0.25, 0.3) is 10.9 Å². The zero-order chi connectivity index (χ0) is 22.7. The number of ether oxygens (including phenoxy) is 2. The van der Waals surface area contributed by atoms with E-state index in [1.165, 1.54) is 13.2 Å². The van der Waals surface area contributed by atoms with Gasteiger partial charge in [-0.05, 0) is 35.4 Å². The molecule has 0 saturated heterocycles. The summed E-state index contributed by atoms with van der Waals surface area (Å²) in [5, 5.41) is 12.6. The number of hydrogen-bond acceptors (Lipinski definition) is 4. The summed E-state index contributed by atoms with van der Waals surface area (Å²) < 4.78 is 25.2. The third-order valence-electron chi connectivity index (χ3n) is 5.31. The smallest absolute Gasteiger partial charge is 0.214 e. The molecule has 3 aromatic carbocycles. The van der Waals surface area contributed by atoms with Crippen LogP contribution in [0, 0.1) is 15.9 Å². The van der Waals surface area contributed by atoms with Gasteiger partial charge >= 0.3 is 0 Å². The topological polar surface area (TPSA) is 77.4 Å². The highest BCUT2D eigenvalue weighted by molar-refractivity contribution is 6.32. The predicted molar refractivity (Wildman–Crippen MR) is 121 cm³/mol. The fraction of sp³-hybridized carbons (Fsp3) is 0.167. The van der Waals surface area contributed by atoms with E-state index < -0.39 is 5.92 Å². The molecule has 4 rings (SSSR count). The van der Waals surface area contributed by atoms with E-state index in [1.807, 2.05) is 24.3 Å². The molecule has 0 aliphatic carbocycles. The maximum absolute atomic E-state index is 13.9. The molecule has 1 aromatic heterocycles. The number of H-pyrrole nitrogens is 1. The van der Waals surface area contributed by atoms with Gasteiger partial charge in [-0.25, -0.2) is 4.39 Å². The van der Waals surface area contributed by atoms with Crippen molar-refractivity contribution in [2.75, 3.05) is 13.7 Å². The Morgan fingerprint density at radius 3 is 2.66 bits per heavy atom. The number of rotatable bonds is 8. The van der Waals surface area contributed by atoms with Gasteiger partial charge < -0.3 is 14.5 Å². The molecule has 0 aliphatic heterocycles. The van der Waals surface area contributed by atoms with Gasteiger partial charge in [0.25, 0.3) is 0 Å². The lowest BCUT2D eigenvalue weighted by Crippen LogP contribution is -2.14. The number of fused-ring (bicyclic) bond motifs is 1. The zero-order valence-corrected chi connectivity index (χ0v) is 17.9. The van der Waals surface area contributed by atoms with Gasteiger partial charge in [-0.3, -0.25) is 10.1 Å². The van der Waals surface area contributed by atoms with E-state index in [0.717, 1.165) is 16.5 Å². The Labute approximate surface area is 188 Å². The number of hydrogen-bond donors (Lipinski definition) is 1. The number of nitrogens with zero attached hydrogens (tertiary/aromatic N) is 1. The molecule has 1 atom stereocenters. The summed E-state index contributed by atoms with van der Waals surface area (Å²) in [6.45, 7) is -0.361. The first-order chi connectivity index (χ1) is 15.5. The number of halogens is 2. The van der Waals surface area contributed by atoms with Gasteiger partial charge in [-0.2, -0.15) is 0 Å². The summed E-state index contributed by atoms with van der Waals surface area (Å²) >= 11 is 6.50. The minimum Gasteiger partial charge on any atom is -0.493 e. The van der Waals surface area contributed by atoms with Crippen LogP contribution in [0.2, 0.25) is 5.02 Å². The Kier molecular flexibility index (Phi) is 6.28. The Hall–Kier alpha value is -3.58. The number of nitrogens with one attached hydrogen (secondary N) is 1. The second-order valence-corrected chi connectivity index (χ2v) is 7.68. The normalized spacial score (nSPS) is 12.0. The van der Waals surface area contributed by atoms with E-state index in [1.54, 1.807) is 36.5 Å². The summed E-state index contributed by atoms with van der Waals surface area (Å²) in [5.41, 5.74) is 2.67. The van der Waals surface area contributed by atoms with Crippen molar-refractivity contribution in [2.24, 2.45) is 0 Å². The van der Waals surface area contributed by atoms with E-state index >= 15 is 0 Å². The van der Waals surface area contributed by atoms with Gasteiger partial charge in [0.05, 0.1) is 18.1 Å². The molecule has 164 valence electrons. The lowest BCUT2D eigenvalue weighted by Gasteiger charge is -2.18. The molecule has 0 amide bonds. The molecule has 1 N–H and O–H groups in total. The summed E-state index contributed by atoms with van der Waals surface area (Å²) in [4.78, 5) is 14.3. The average molecular weight is 455 g/mol. The van der Waals surface area contributed by atoms with Crippen LogP contribution in [-0.2, 0) is 6.61 Å². The van der Waals surface area contributed by atoms with Gasteiger partial charge in [0.2, 0.25) is 6.54 Å². The SMILES string of the molecule is COc1cc([C@@H](C[N+](=O)[O-])c2c[nH]c3ccccc23)cc(Cl)c1OCc1ccccc1F. The van der Waals surface area contributed by atoms with Crippen molar-refractivity contribution in [1.82, 2.24) is 4.98 Å². The molecule has 0 fully saturated rings. The second kappa shape index (κ2) is 9.28. The molecular formula is C24H20ClFN2O4. The number of aromatic nitrogens is 1. The van der Waals surface area contributed by atoms with E-state index in [-0.39, 0.29) is 34.7 Å². The lowest BCUT2D eigenvalue weighted by molar-refractivity contribution is -0.481. The Morgan fingerprint density at radius 1 is 1.16 bits per heavy atom. The predicted octanol–water partition coefficient (Wildman–Crippen LogP) is 5.96. The molecular weight excluding hydrogens is 435 g/mol. The highest BCUT2D eigenvalue weighted by Crippen LogP contribution is 2.41. The molecule has 0 unspecified atom stereocenters. The van der Waals surface area contributed by atoms with Crippen LogP contribution in [0.5, 0.6) is 11.5 Å². The molecule has 1 heterocycles. The minimum absolute atomic E-state index is 0.0388. The first-order valence-electron chi connectivity index (χ1n) is 9.89. The molecule has 6 nitrogen and oxygen atoms in total. The average Bonchev–Trinajstić information content (AvgIpc) is 3.21. The van der Waals surface area contributed by atoms with Crippen molar-refractivity contribution < 1.29 is 18.8 Å². The van der Waals surface area contributed by atoms with Crippen molar-refractivity contribution >= 4 is 22.5 Å². The van der Waals surface area contributed by atoms with Crippen molar-refractivity contribution in [1.29, 1.82) is 0 Å². The van der Waals surface area contributed by atoms with E-state index in [9.17, 15) is 14.5 Å². The molecule has 8 heteroatoms. The largest absolute Gasteiger partial charge is 0.493 e. The summed E-state index contributed by atoms with van der Waals surface area (Å²) in [5.74, 6) is -0.380.